The van der Waals surface area contributed by atoms with Gasteiger partial charge < -0.3 is 22.1 Å². The van der Waals surface area contributed by atoms with Gasteiger partial charge in [-0.2, -0.15) is 0 Å². The number of aromatic nitrogens is 1. The Bertz CT molecular complexity index is 278. The minimum atomic E-state index is 0. The maximum Gasteiger partial charge on any atom is 0.181 e. The molecule has 0 amide bonds. The van der Waals surface area contributed by atoms with Gasteiger partial charge in [-0.05, 0) is 6.42 Å². The normalized spacial score (nSPS) is 9.88. The van der Waals surface area contributed by atoms with Crippen molar-refractivity contribution in [2.75, 3.05) is 6.61 Å². The Morgan fingerprint density at radius 3 is 2.69 bits per heavy atom. The SMILES string of the molecule is CCCCCCc1cccc[n+]1CCO.[Br-]. The number of aliphatic hydroxyl groups excluding tert-OH is 1. The summed E-state index contributed by atoms with van der Waals surface area (Å²) in [5, 5.41) is 8.93. The van der Waals surface area contributed by atoms with E-state index in [1.54, 1.807) is 0 Å². The first-order chi connectivity index (χ1) is 7.38. The first kappa shape index (κ1) is 15.6. The number of nitrogens with zero attached hydrogens (tertiary/aromatic N) is 1. The Morgan fingerprint density at radius 1 is 1.19 bits per heavy atom. The average molecular weight is 288 g/mol. The highest BCUT2D eigenvalue weighted by molar-refractivity contribution is 4.97. The van der Waals surface area contributed by atoms with Gasteiger partial charge in [-0.1, -0.05) is 32.3 Å². The first-order valence-electron chi connectivity index (χ1n) is 5.96. The molecule has 0 saturated carbocycles. The quantitative estimate of drug-likeness (QED) is 0.510. The molecule has 0 atom stereocenters. The number of hydrogen-bond donors (Lipinski definition) is 1. The van der Waals surface area contributed by atoms with Crippen LogP contribution in [-0.4, -0.2) is 11.7 Å². The van der Waals surface area contributed by atoms with Gasteiger partial charge in [0.15, 0.2) is 18.4 Å². The maximum absolute atomic E-state index is 8.93. The highest BCUT2D eigenvalue weighted by atomic mass is 79.9. The first-order valence-corrected chi connectivity index (χ1v) is 5.96. The second kappa shape index (κ2) is 9.79. The van der Waals surface area contributed by atoms with E-state index in [0.717, 1.165) is 6.42 Å². The fourth-order valence-electron chi connectivity index (χ4n) is 1.80. The van der Waals surface area contributed by atoms with Crippen LogP contribution >= 0.6 is 0 Å². The molecule has 16 heavy (non-hydrogen) atoms. The van der Waals surface area contributed by atoms with Crippen LogP contribution in [0.1, 0.15) is 38.3 Å². The minimum absolute atomic E-state index is 0. The van der Waals surface area contributed by atoms with Gasteiger partial charge in [0, 0.05) is 18.6 Å². The van der Waals surface area contributed by atoms with Gasteiger partial charge in [-0.15, -0.1) is 0 Å². The van der Waals surface area contributed by atoms with Crippen LogP contribution in [0.15, 0.2) is 24.4 Å². The molecular weight excluding hydrogens is 266 g/mol. The van der Waals surface area contributed by atoms with Gasteiger partial charge in [0.25, 0.3) is 0 Å². The summed E-state index contributed by atoms with van der Waals surface area (Å²) < 4.78 is 2.14. The predicted molar refractivity (Wildman–Crippen MR) is 61.6 cm³/mol. The van der Waals surface area contributed by atoms with E-state index in [1.165, 1.54) is 31.4 Å². The highest BCUT2D eigenvalue weighted by Crippen LogP contribution is 2.04. The Hall–Kier alpha value is -0.410. The van der Waals surface area contributed by atoms with E-state index in [9.17, 15) is 0 Å². The molecule has 0 radical (unpaired) electrons. The van der Waals surface area contributed by atoms with E-state index in [-0.39, 0.29) is 23.6 Å². The molecule has 1 aromatic heterocycles. The van der Waals surface area contributed by atoms with E-state index in [1.807, 2.05) is 12.3 Å². The summed E-state index contributed by atoms with van der Waals surface area (Å²) >= 11 is 0. The Balaban J connectivity index is 0.00000225. The van der Waals surface area contributed by atoms with Crippen molar-refractivity contribution in [3.63, 3.8) is 0 Å². The predicted octanol–water partition coefficient (Wildman–Crippen LogP) is -0.907. The Morgan fingerprint density at radius 2 is 2.00 bits per heavy atom. The molecule has 1 N–H and O–H groups in total. The van der Waals surface area contributed by atoms with Crippen LogP contribution in [0.3, 0.4) is 0 Å². The number of pyridine rings is 1. The summed E-state index contributed by atoms with van der Waals surface area (Å²) in [6, 6.07) is 6.25. The highest BCUT2D eigenvalue weighted by Gasteiger charge is 2.07. The molecule has 92 valence electrons. The molecular formula is C13H22BrNO. The molecule has 0 unspecified atom stereocenters. The van der Waals surface area contributed by atoms with Gasteiger partial charge in [-0.25, -0.2) is 4.57 Å². The summed E-state index contributed by atoms with van der Waals surface area (Å²) in [6.45, 7) is 3.16. The number of rotatable bonds is 7. The number of aliphatic hydroxyl groups is 1. The van der Waals surface area contributed by atoms with Crippen LogP contribution in [0.25, 0.3) is 0 Å². The van der Waals surface area contributed by atoms with E-state index >= 15 is 0 Å². The molecule has 0 fully saturated rings. The molecule has 0 aliphatic rings. The van der Waals surface area contributed by atoms with E-state index in [0.29, 0.717) is 6.54 Å². The number of halogens is 1. The third-order valence-electron chi connectivity index (χ3n) is 2.66. The summed E-state index contributed by atoms with van der Waals surface area (Å²) in [4.78, 5) is 0. The summed E-state index contributed by atoms with van der Waals surface area (Å²) in [5.74, 6) is 0. The number of unbranched alkanes of at least 4 members (excludes halogenated alkanes) is 3. The second-order valence-corrected chi connectivity index (χ2v) is 3.92. The van der Waals surface area contributed by atoms with Crippen molar-refractivity contribution in [1.29, 1.82) is 0 Å². The monoisotopic (exact) mass is 287 g/mol. The van der Waals surface area contributed by atoms with Gasteiger partial charge in [0.05, 0.1) is 0 Å². The molecule has 0 aliphatic heterocycles. The minimum Gasteiger partial charge on any atom is -1.00 e. The van der Waals surface area contributed by atoms with Crippen LogP contribution in [-0.2, 0) is 13.0 Å². The fourth-order valence-corrected chi connectivity index (χ4v) is 1.80. The van der Waals surface area contributed by atoms with Gasteiger partial charge in [0.2, 0.25) is 0 Å². The van der Waals surface area contributed by atoms with Crippen LogP contribution in [0.4, 0.5) is 0 Å². The van der Waals surface area contributed by atoms with Crippen molar-refractivity contribution >= 4 is 0 Å². The van der Waals surface area contributed by atoms with E-state index in [4.69, 9.17) is 5.11 Å². The number of hydrogen-bond acceptors (Lipinski definition) is 1. The lowest BCUT2D eigenvalue weighted by atomic mass is 10.1. The van der Waals surface area contributed by atoms with Crippen LogP contribution < -0.4 is 21.5 Å². The third-order valence-corrected chi connectivity index (χ3v) is 2.66. The molecule has 0 bridgehead atoms. The number of aryl methyl sites for hydroxylation is 1. The van der Waals surface area contributed by atoms with Crippen molar-refractivity contribution in [2.45, 2.75) is 45.6 Å². The Kier molecular flexibility index (Phi) is 9.54. The Labute approximate surface area is 109 Å². The smallest absolute Gasteiger partial charge is 0.181 e. The standard InChI is InChI=1S/C13H22NO.BrH/c1-2-3-4-5-8-13-9-6-7-10-14(13)11-12-15;/h6-7,9-10,15H,2-5,8,11-12H2,1H3;1H/q+1;/p-1. The lowest BCUT2D eigenvalue weighted by molar-refractivity contribution is -0.705. The molecule has 2 nitrogen and oxygen atoms in total. The van der Waals surface area contributed by atoms with Crippen molar-refractivity contribution in [3.05, 3.63) is 30.1 Å². The topological polar surface area (TPSA) is 24.1 Å². The van der Waals surface area contributed by atoms with Crippen molar-refractivity contribution in [2.24, 2.45) is 0 Å². The molecule has 0 aromatic carbocycles. The van der Waals surface area contributed by atoms with Gasteiger partial charge in [-0.3, -0.25) is 0 Å². The van der Waals surface area contributed by atoms with Crippen molar-refractivity contribution < 1.29 is 26.7 Å². The molecule has 1 rings (SSSR count). The molecule has 0 spiro atoms. The third kappa shape index (κ3) is 5.61. The maximum atomic E-state index is 8.93. The summed E-state index contributed by atoms with van der Waals surface area (Å²) in [5.41, 5.74) is 1.34. The summed E-state index contributed by atoms with van der Waals surface area (Å²) in [7, 11) is 0. The molecule has 0 saturated heterocycles. The van der Waals surface area contributed by atoms with Crippen LogP contribution in [0, 0.1) is 0 Å². The van der Waals surface area contributed by atoms with E-state index in [2.05, 4.69) is 23.6 Å². The van der Waals surface area contributed by atoms with Crippen molar-refractivity contribution in [3.8, 4) is 0 Å². The van der Waals surface area contributed by atoms with Gasteiger partial charge in [0.1, 0.15) is 6.61 Å². The lowest BCUT2D eigenvalue weighted by Crippen LogP contribution is -3.00. The zero-order chi connectivity index (χ0) is 10.9. The lowest BCUT2D eigenvalue weighted by Gasteiger charge is -2.02. The molecule has 1 heterocycles. The van der Waals surface area contributed by atoms with Crippen LogP contribution in [0.5, 0.6) is 0 Å². The zero-order valence-corrected chi connectivity index (χ0v) is 11.6. The molecule has 3 heteroatoms. The van der Waals surface area contributed by atoms with E-state index < -0.39 is 0 Å². The van der Waals surface area contributed by atoms with Gasteiger partial charge >= 0.3 is 0 Å². The molecule has 1 aromatic rings. The second-order valence-electron chi connectivity index (χ2n) is 3.92. The average Bonchev–Trinajstić information content (AvgIpc) is 2.27. The largest absolute Gasteiger partial charge is 1.00 e. The zero-order valence-electron chi connectivity index (χ0n) is 10.0. The van der Waals surface area contributed by atoms with Crippen LogP contribution in [0.2, 0.25) is 0 Å². The molecule has 0 aliphatic carbocycles. The fraction of sp³-hybridized carbons (Fsp3) is 0.615. The summed E-state index contributed by atoms with van der Waals surface area (Å²) in [6.07, 6.45) is 8.35. The van der Waals surface area contributed by atoms with Crippen molar-refractivity contribution in [1.82, 2.24) is 0 Å².